The molecule has 3 N–H and O–H groups in total. The lowest BCUT2D eigenvalue weighted by Gasteiger charge is -2.34. The molecule has 0 spiro atoms. The maximum Gasteiger partial charge on any atom is 0.237 e. The minimum Gasteiger partial charge on any atom is -0.369 e. The van der Waals surface area contributed by atoms with Gasteiger partial charge in [0.1, 0.15) is 5.82 Å². The highest BCUT2D eigenvalue weighted by Gasteiger charge is 2.29. The van der Waals surface area contributed by atoms with Crippen LogP contribution in [0.2, 0.25) is 0 Å². The smallest absolute Gasteiger partial charge is 0.237 e. The van der Waals surface area contributed by atoms with Crippen molar-refractivity contribution in [2.24, 2.45) is 11.7 Å². The third-order valence-electron chi connectivity index (χ3n) is 4.59. The topological polar surface area (TPSA) is 75.4 Å². The first kappa shape index (κ1) is 17.4. The molecule has 1 aromatic carbocycles. The van der Waals surface area contributed by atoms with Gasteiger partial charge in [-0.1, -0.05) is 12.1 Å². The molecule has 1 aromatic rings. The summed E-state index contributed by atoms with van der Waals surface area (Å²) in [6.07, 6.45) is 1.39. The highest BCUT2D eigenvalue weighted by Crippen LogP contribution is 2.19. The van der Waals surface area contributed by atoms with Gasteiger partial charge in [-0.2, -0.15) is 0 Å². The van der Waals surface area contributed by atoms with Gasteiger partial charge in [-0.15, -0.1) is 0 Å². The second-order valence-corrected chi connectivity index (χ2v) is 6.17. The number of hydrogen-bond donors (Lipinski definition) is 2. The van der Waals surface area contributed by atoms with Crippen molar-refractivity contribution in [2.45, 2.75) is 38.8 Å². The second kappa shape index (κ2) is 7.55. The van der Waals surface area contributed by atoms with Gasteiger partial charge in [0.15, 0.2) is 0 Å². The van der Waals surface area contributed by atoms with Gasteiger partial charge in [0, 0.05) is 5.92 Å². The van der Waals surface area contributed by atoms with Crippen LogP contribution in [0.15, 0.2) is 24.3 Å². The van der Waals surface area contributed by atoms with E-state index in [0.29, 0.717) is 25.9 Å². The van der Waals surface area contributed by atoms with Crippen molar-refractivity contribution in [1.29, 1.82) is 0 Å². The zero-order valence-electron chi connectivity index (χ0n) is 13.6. The molecule has 1 heterocycles. The van der Waals surface area contributed by atoms with E-state index in [4.69, 9.17) is 5.73 Å². The zero-order chi connectivity index (χ0) is 17.0. The largest absolute Gasteiger partial charge is 0.369 e. The van der Waals surface area contributed by atoms with E-state index >= 15 is 0 Å². The Labute approximate surface area is 136 Å². The normalized spacial score (nSPS) is 19.1. The van der Waals surface area contributed by atoms with Gasteiger partial charge < -0.3 is 11.1 Å². The molecule has 1 aliphatic heterocycles. The summed E-state index contributed by atoms with van der Waals surface area (Å²) in [5.41, 5.74) is 6.19. The maximum atomic E-state index is 12.9. The molecule has 6 heteroatoms. The van der Waals surface area contributed by atoms with Crippen LogP contribution in [0.4, 0.5) is 4.39 Å². The van der Waals surface area contributed by atoms with Gasteiger partial charge in [-0.05, 0) is 57.5 Å². The number of nitrogens with one attached hydrogen (secondary N) is 1. The summed E-state index contributed by atoms with van der Waals surface area (Å²) in [6.45, 7) is 5.11. The number of benzene rings is 1. The molecular weight excluding hydrogens is 297 g/mol. The number of hydrogen-bond acceptors (Lipinski definition) is 3. The third kappa shape index (κ3) is 4.51. The number of amides is 2. The highest BCUT2D eigenvalue weighted by molar-refractivity contribution is 5.82. The number of piperidine rings is 1. The Morgan fingerprint density at radius 3 is 2.30 bits per heavy atom. The van der Waals surface area contributed by atoms with Crippen LogP contribution >= 0.6 is 0 Å². The predicted molar refractivity (Wildman–Crippen MR) is 85.9 cm³/mol. The molecule has 0 saturated carbocycles. The number of primary amides is 1. The fourth-order valence-electron chi connectivity index (χ4n) is 2.91. The Hall–Kier alpha value is -1.95. The Kier molecular flexibility index (Phi) is 5.71. The molecule has 126 valence electrons. The van der Waals surface area contributed by atoms with Crippen molar-refractivity contribution >= 4 is 11.8 Å². The first-order valence-corrected chi connectivity index (χ1v) is 7.97. The Morgan fingerprint density at radius 2 is 1.78 bits per heavy atom. The third-order valence-corrected chi connectivity index (χ3v) is 4.59. The lowest BCUT2D eigenvalue weighted by molar-refractivity contribution is -0.128. The number of carbonyl (C=O) groups is 2. The molecule has 0 aromatic heterocycles. The summed E-state index contributed by atoms with van der Waals surface area (Å²) in [5, 5.41) is 2.95. The zero-order valence-corrected chi connectivity index (χ0v) is 13.6. The fourth-order valence-corrected chi connectivity index (χ4v) is 2.91. The first-order valence-electron chi connectivity index (χ1n) is 7.97. The predicted octanol–water partition coefficient (Wildman–Crippen LogP) is 1.59. The molecule has 2 amide bonds. The molecule has 0 radical (unpaired) electrons. The summed E-state index contributed by atoms with van der Waals surface area (Å²) in [7, 11) is 0. The lowest BCUT2D eigenvalue weighted by atomic mass is 9.95. The maximum absolute atomic E-state index is 12.9. The molecule has 2 unspecified atom stereocenters. The molecule has 5 nitrogen and oxygen atoms in total. The minimum atomic E-state index is -0.294. The summed E-state index contributed by atoms with van der Waals surface area (Å²) in [5.74, 6) is -0.705. The molecule has 2 rings (SSSR count). The number of halogens is 1. The van der Waals surface area contributed by atoms with Gasteiger partial charge in [-0.3, -0.25) is 14.5 Å². The summed E-state index contributed by atoms with van der Waals surface area (Å²) < 4.78 is 12.9. The van der Waals surface area contributed by atoms with Crippen molar-refractivity contribution in [3.05, 3.63) is 35.6 Å². The van der Waals surface area contributed by atoms with Gasteiger partial charge >= 0.3 is 0 Å². The van der Waals surface area contributed by atoms with Crippen LogP contribution in [0.5, 0.6) is 0 Å². The summed E-state index contributed by atoms with van der Waals surface area (Å²) in [6, 6.07) is 5.65. The Bertz CT molecular complexity index is 553. The molecule has 1 saturated heterocycles. The standard InChI is InChI=1S/C17H24FN3O2/c1-11(13-3-5-15(18)6-4-13)20-17(23)12(2)21-9-7-14(8-10-21)16(19)22/h3-6,11-12,14H,7-10H2,1-2H3,(H2,19,22)(H,20,23). The van der Waals surface area contributed by atoms with Crippen LogP contribution in [0.3, 0.4) is 0 Å². The molecule has 2 atom stereocenters. The Balaban J connectivity index is 1.87. The Morgan fingerprint density at radius 1 is 1.22 bits per heavy atom. The van der Waals surface area contributed by atoms with Gasteiger partial charge in [0.05, 0.1) is 12.1 Å². The van der Waals surface area contributed by atoms with Crippen molar-refractivity contribution in [2.75, 3.05) is 13.1 Å². The molecule has 1 fully saturated rings. The molecule has 23 heavy (non-hydrogen) atoms. The number of nitrogens with two attached hydrogens (primary N) is 1. The molecule has 0 aliphatic carbocycles. The van der Waals surface area contributed by atoms with Crippen LogP contribution in [-0.2, 0) is 9.59 Å². The van der Waals surface area contributed by atoms with E-state index in [-0.39, 0.29) is 35.6 Å². The molecule has 1 aliphatic rings. The quantitative estimate of drug-likeness (QED) is 0.865. The van der Waals surface area contributed by atoms with Crippen LogP contribution in [0.1, 0.15) is 38.3 Å². The SMILES string of the molecule is CC(NC(=O)C(C)N1CCC(C(N)=O)CC1)c1ccc(F)cc1. The van der Waals surface area contributed by atoms with E-state index in [9.17, 15) is 14.0 Å². The van der Waals surface area contributed by atoms with Gasteiger partial charge in [0.2, 0.25) is 11.8 Å². The van der Waals surface area contributed by atoms with E-state index in [0.717, 1.165) is 5.56 Å². The number of nitrogens with zero attached hydrogens (tertiary/aromatic N) is 1. The lowest BCUT2D eigenvalue weighted by Crippen LogP contribution is -2.49. The van der Waals surface area contributed by atoms with Crippen molar-refractivity contribution in [3.63, 3.8) is 0 Å². The molecular formula is C17H24FN3O2. The van der Waals surface area contributed by atoms with Gasteiger partial charge in [-0.25, -0.2) is 4.39 Å². The minimum absolute atomic E-state index is 0.0700. The van der Waals surface area contributed by atoms with Crippen LogP contribution in [-0.4, -0.2) is 35.8 Å². The van der Waals surface area contributed by atoms with E-state index in [1.54, 1.807) is 12.1 Å². The van der Waals surface area contributed by atoms with Gasteiger partial charge in [0.25, 0.3) is 0 Å². The van der Waals surface area contributed by atoms with Crippen molar-refractivity contribution in [1.82, 2.24) is 10.2 Å². The second-order valence-electron chi connectivity index (χ2n) is 6.17. The monoisotopic (exact) mass is 321 g/mol. The van der Waals surface area contributed by atoms with Crippen LogP contribution in [0, 0.1) is 11.7 Å². The van der Waals surface area contributed by atoms with E-state index in [1.165, 1.54) is 12.1 Å². The molecule has 0 bridgehead atoms. The number of rotatable bonds is 5. The van der Waals surface area contributed by atoms with Crippen molar-refractivity contribution < 1.29 is 14.0 Å². The van der Waals surface area contributed by atoms with E-state index < -0.39 is 0 Å². The van der Waals surface area contributed by atoms with Crippen LogP contribution < -0.4 is 11.1 Å². The number of carbonyl (C=O) groups excluding carboxylic acids is 2. The fraction of sp³-hybridized carbons (Fsp3) is 0.529. The first-order chi connectivity index (χ1) is 10.9. The summed E-state index contributed by atoms with van der Waals surface area (Å²) >= 11 is 0. The van der Waals surface area contributed by atoms with E-state index in [1.807, 2.05) is 13.8 Å². The van der Waals surface area contributed by atoms with Crippen LogP contribution in [0.25, 0.3) is 0 Å². The average molecular weight is 321 g/mol. The van der Waals surface area contributed by atoms with E-state index in [2.05, 4.69) is 10.2 Å². The highest BCUT2D eigenvalue weighted by atomic mass is 19.1. The van der Waals surface area contributed by atoms with Crippen molar-refractivity contribution in [3.8, 4) is 0 Å². The summed E-state index contributed by atoms with van der Waals surface area (Å²) in [4.78, 5) is 25.6. The number of likely N-dealkylation sites (tertiary alicyclic amines) is 1. The average Bonchev–Trinajstić information content (AvgIpc) is 2.54.